The van der Waals surface area contributed by atoms with Crippen LogP contribution >= 0.6 is 11.3 Å². The van der Waals surface area contributed by atoms with Crippen molar-refractivity contribution < 1.29 is 23.5 Å². The third kappa shape index (κ3) is 4.52. The number of halogens is 1. The Balaban J connectivity index is 1.81. The van der Waals surface area contributed by atoms with Crippen LogP contribution in [0.25, 0.3) is 0 Å². The number of aromatic nitrogens is 1. The molecule has 0 radical (unpaired) electrons. The van der Waals surface area contributed by atoms with Crippen LogP contribution in [-0.2, 0) is 11.4 Å². The number of anilines is 2. The van der Waals surface area contributed by atoms with E-state index in [1.807, 2.05) is 0 Å². The van der Waals surface area contributed by atoms with Gasteiger partial charge in [0, 0.05) is 12.3 Å². The van der Waals surface area contributed by atoms with Gasteiger partial charge in [-0.3, -0.25) is 14.5 Å². The van der Waals surface area contributed by atoms with E-state index >= 15 is 0 Å². The highest BCUT2D eigenvalue weighted by Crippen LogP contribution is 2.31. The number of primary amides is 1. The molecule has 0 unspecified atom stereocenters. The lowest BCUT2D eigenvalue weighted by molar-refractivity contribution is -0.115. The summed E-state index contributed by atoms with van der Waals surface area (Å²) in [4.78, 5) is 29.3. The van der Waals surface area contributed by atoms with E-state index in [9.17, 15) is 14.0 Å². The van der Waals surface area contributed by atoms with E-state index in [4.69, 9.17) is 15.2 Å². The molecule has 2 amide bonds. The summed E-state index contributed by atoms with van der Waals surface area (Å²) in [6.45, 7) is 1.37. The molecule has 29 heavy (non-hydrogen) atoms. The molecule has 0 bridgehead atoms. The first-order valence-electron chi connectivity index (χ1n) is 8.51. The van der Waals surface area contributed by atoms with Crippen molar-refractivity contribution in [2.45, 2.75) is 13.5 Å². The largest absolute Gasteiger partial charge is 0.497 e. The molecule has 0 atom stereocenters. The van der Waals surface area contributed by atoms with Crippen LogP contribution in [0.15, 0.2) is 47.8 Å². The van der Waals surface area contributed by atoms with Crippen LogP contribution in [0.5, 0.6) is 11.5 Å². The third-order valence-corrected chi connectivity index (χ3v) is 4.84. The van der Waals surface area contributed by atoms with Gasteiger partial charge in [-0.15, -0.1) is 11.3 Å². The molecule has 0 fully saturated rings. The molecule has 1 aromatic heterocycles. The third-order valence-electron chi connectivity index (χ3n) is 3.97. The van der Waals surface area contributed by atoms with E-state index in [1.165, 1.54) is 48.5 Å². The lowest BCUT2D eigenvalue weighted by atomic mass is 10.2. The minimum absolute atomic E-state index is 0.0339. The average molecular weight is 415 g/mol. The number of carbonyl (C=O) groups is 2. The summed E-state index contributed by atoms with van der Waals surface area (Å²) in [5.41, 5.74) is 6.20. The molecule has 0 aliphatic rings. The summed E-state index contributed by atoms with van der Waals surface area (Å²) in [7, 11) is 1.48. The number of nitrogens with zero attached hydrogens (tertiary/aromatic N) is 2. The number of nitrogens with two attached hydrogens (primary N) is 1. The molecule has 9 heteroatoms. The lowest BCUT2D eigenvalue weighted by Gasteiger charge is -2.18. The van der Waals surface area contributed by atoms with E-state index in [0.717, 1.165) is 0 Å². The molecule has 3 rings (SSSR count). The van der Waals surface area contributed by atoms with Crippen molar-refractivity contribution >= 4 is 34.0 Å². The monoisotopic (exact) mass is 415 g/mol. The van der Waals surface area contributed by atoms with Gasteiger partial charge in [-0.05, 0) is 30.3 Å². The Bertz CT molecular complexity index is 1050. The van der Waals surface area contributed by atoms with Crippen molar-refractivity contribution in [2.24, 2.45) is 5.73 Å². The van der Waals surface area contributed by atoms with E-state index in [-0.39, 0.29) is 29.5 Å². The normalized spacial score (nSPS) is 10.4. The maximum atomic E-state index is 14.1. The number of hydrogen-bond acceptors (Lipinski definition) is 6. The molecular weight excluding hydrogens is 397 g/mol. The van der Waals surface area contributed by atoms with Gasteiger partial charge in [-0.2, -0.15) is 0 Å². The zero-order valence-electron chi connectivity index (χ0n) is 15.7. The molecule has 2 aromatic carbocycles. The molecule has 2 N–H and O–H groups in total. The molecule has 3 aromatic rings. The summed E-state index contributed by atoms with van der Waals surface area (Å²) in [6.07, 6.45) is 0. The smallest absolute Gasteiger partial charge is 0.252 e. The number of amides is 2. The van der Waals surface area contributed by atoms with Crippen molar-refractivity contribution in [3.8, 4) is 11.5 Å². The second-order valence-corrected chi connectivity index (χ2v) is 6.78. The number of thiazole rings is 1. The topological polar surface area (TPSA) is 94.8 Å². The number of hydrogen-bond donors (Lipinski definition) is 1. The molecule has 0 aliphatic heterocycles. The van der Waals surface area contributed by atoms with Gasteiger partial charge in [-0.25, -0.2) is 9.37 Å². The Labute approximate surface area is 170 Å². The Kier molecular flexibility index (Phi) is 6.08. The molecule has 7 nitrogen and oxygen atoms in total. The fraction of sp³-hybridized carbons (Fsp3) is 0.150. The maximum absolute atomic E-state index is 14.1. The second-order valence-electron chi connectivity index (χ2n) is 5.94. The van der Waals surface area contributed by atoms with Gasteiger partial charge in [-0.1, -0.05) is 12.1 Å². The van der Waals surface area contributed by atoms with Crippen LogP contribution in [-0.4, -0.2) is 23.9 Å². The highest BCUT2D eigenvalue weighted by atomic mass is 32.1. The van der Waals surface area contributed by atoms with Gasteiger partial charge in [0.1, 0.15) is 23.9 Å². The highest BCUT2D eigenvalue weighted by Gasteiger charge is 2.21. The maximum Gasteiger partial charge on any atom is 0.252 e. The van der Waals surface area contributed by atoms with E-state index in [2.05, 4.69) is 4.98 Å². The van der Waals surface area contributed by atoms with Crippen LogP contribution < -0.4 is 20.1 Å². The van der Waals surface area contributed by atoms with E-state index in [0.29, 0.717) is 16.6 Å². The molecule has 0 saturated heterocycles. The summed E-state index contributed by atoms with van der Waals surface area (Å²) >= 11 is 1.18. The predicted octanol–water partition coefficient (Wildman–Crippen LogP) is 3.65. The van der Waals surface area contributed by atoms with Crippen molar-refractivity contribution in [3.05, 3.63) is 64.9 Å². The highest BCUT2D eigenvalue weighted by molar-refractivity contribution is 7.14. The second kappa shape index (κ2) is 8.70. The SMILES string of the molecule is COc1ccc(OCc2csc(N(C(C)=O)c3ccccc3F)n2)c(C(N)=O)c1. The van der Waals surface area contributed by atoms with Crippen LogP contribution in [0.1, 0.15) is 23.0 Å². The number of benzene rings is 2. The Morgan fingerprint density at radius 2 is 2.00 bits per heavy atom. The fourth-order valence-electron chi connectivity index (χ4n) is 2.61. The van der Waals surface area contributed by atoms with Gasteiger partial charge >= 0.3 is 0 Å². The minimum Gasteiger partial charge on any atom is -0.497 e. The standard InChI is InChI=1S/C20H18FN3O4S/c1-12(25)24(17-6-4-3-5-16(17)21)20-23-13(11-29-20)10-28-18-8-7-14(27-2)9-15(18)19(22)26/h3-9,11H,10H2,1-2H3,(H2,22,26). The number of methoxy groups -OCH3 is 1. The predicted molar refractivity (Wildman–Crippen MR) is 107 cm³/mol. The number of carbonyl (C=O) groups excluding carboxylic acids is 2. The van der Waals surface area contributed by atoms with Gasteiger partial charge in [0.05, 0.1) is 24.1 Å². The van der Waals surface area contributed by atoms with Crippen LogP contribution in [0.3, 0.4) is 0 Å². The van der Waals surface area contributed by atoms with Gasteiger partial charge < -0.3 is 15.2 Å². The van der Waals surface area contributed by atoms with E-state index < -0.39 is 11.7 Å². The number of ether oxygens (including phenoxy) is 2. The van der Waals surface area contributed by atoms with Crippen LogP contribution in [0, 0.1) is 5.82 Å². The first-order chi connectivity index (χ1) is 13.9. The molecule has 0 aliphatic carbocycles. The van der Waals surface area contributed by atoms with E-state index in [1.54, 1.807) is 29.6 Å². The molecular formula is C20H18FN3O4S. The number of rotatable bonds is 7. The zero-order valence-corrected chi connectivity index (χ0v) is 16.5. The van der Waals surface area contributed by atoms with Gasteiger partial charge in [0.2, 0.25) is 5.91 Å². The molecule has 0 saturated carbocycles. The van der Waals surface area contributed by atoms with Crippen molar-refractivity contribution in [1.29, 1.82) is 0 Å². The Hall–Kier alpha value is -3.46. The zero-order chi connectivity index (χ0) is 21.0. The molecule has 150 valence electrons. The minimum atomic E-state index is -0.653. The average Bonchev–Trinajstić information content (AvgIpc) is 3.16. The Morgan fingerprint density at radius 3 is 2.66 bits per heavy atom. The number of para-hydroxylation sites is 1. The first kappa shape index (κ1) is 20.3. The fourth-order valence-corrected chi connectivity index (χ4v) is 3.48. The van der Waals surface area contributed by atoms with Crippen LogP contribution in [0.2, 0.25) is 0 Å². The van der Waals surface area contributed by atoms with Crippen LogP contribution in [0.4, 0.5) is 15.2 Å². The Morgan fingerprint density at radius 1 is 1.24 bits per heavy atom. The van der Waals surface area contributed by atoms with Gasteiger partial charge in [0.15, 0.2) is 5.13 Å². The van der Waals surface area contributed by atoms with Crippen molar-refractivity contribution in [3.63, 3.8) is 0 Å². The summed E-state index contributed by atoms with van der Waals surface area (Å²) in [6, 6.07) is 10.7. The summed E-state index contributed by atoms with van der Waals surface area (Å²) < 4.78 is 24.9. The molecule has 1 heterocycles. The molecule has 0 spiro atoms. The van der Waals surface area contributed by atoms with Gasteiger partial charge in [0.25, 0.3) is 5.91 Å². The summed E-state index contributed by atoms with van der Waals surface area (Å²) in [5, 5.41) is 2.01. The lowest BCUT2D eigenvalue weighted by Crippen LogP contribution is -2.23. The summed E-state index contributed by atoms with van der Waals surface area (Å²) in [5.74, 6) is -0.794. The quantitative estimate of drug-likeness (QED) is 0.636. The van der Waals surface area contributed by atoms with Crippen molar-refractivity contribution in [1.82, 2.24) is 4.98 Å². The van der Waals surface area contributed by atoms with Crippen molar-refractivity contribution in [2.75, 3.05) is 12.0 Å². The first-order valence-corrected chi connectivity index (χ1v) is 9.39.